The van der Waals surface area contributed by atoms with E-state index in [0.717, 1.165) is 12.2 Å². The lowest BCUT2D eigenvalue weighted by Gasteiger charge is -2.19. The van der Waals surface area contributed by atoms with Gasteiger partial charge in [0.05, 0.1) is 6.61 Å². The molecule has 1 aromatic carbocycles. The molecule has 0 aromatic heterocycles. The van der Waals surface area contributed by atoms with Crippen molar-refractivity contribution in [3.05, 3.63) is 39.8 Å². The van der Waals surface area contributed by atoms with Crippen molar-refractivity contribution >= 4 is 0 Å². The molecule has 0 amide bonds. The van der Waals surface area contributed by atoms with Gasteiger partial charge in [-0.3, -0.25) is 0 Å². The van der Waals surface area contributed by atoms with Gasteiger partial charge in [0.2, 0.25) is 0 Å². The van der Waals surface area contributed by atoms with Crippen LogP contribution in [0.5, 0.6) is 5.75 Å². The molecule has 0 heterocycles. The summed E-state index contributed by atoms with van der Waals surface area (Å²) in [7, 11) is 0. The molecule has 4 heteroatoms. The van der Waals surface area contributed by atoms with Crippen LogP contribution in [0.4, 0.5) is 0 Å². The zero-order valence-corrected chi connectivity index (χ0v) is 12.3. The third-order valence-corrected chi connectivity index (χ3v) is 3.03. The molecule has 0 N–H and O–H groups in total. The van der Waals surface area contributed by atoms with Gasteiger partial charge >= 0.3 is 0 Å². The molecule has 0 bridgehead atoms. The van der Waals surface area contributed by atoms with Crippen molar-refractivity contribution in [1.29, 1.82) is 0 Å². The van der Waals surface area contributed by atoms with E-state index in [2.05, 4.69) is 55.9 Å². The van der Waals surface area contributed by atoms with Gasteiger partial charge in [0.1, 0.15) is 5.75 Å². The van der Waals surface area contributed by atoms with Gasteiger partial charge in [-0.15, -0.1) is 0 Å². The molecule has 0 radical (unpaired) electrons. The molecule has 0 fully saturated rings. The molecule has 0 saturated carbocycles. The topological polar surface area (TPSA) is 58.0 Å². The van der Waals surface area contributed by atoms with Gasteiger partial charge in [-0.2, -0.15) is 0 Å². The monoisotopic (exact) mass is 261 g/mol. The van der Waals surface area contributed by atoms with Crippen molar-refractivity contribution < 1.29 is 4.74 Å². The Hall–Kier alpha value is -1.67. The average Bonchev–Trinajstić information content (AvgIpc) is 2.38. The fraction of sp³-hybridized carbons (Fsp3) is 0.600. The van der Waals surface area contributed by atoms with E-state index < -0.39 is 0 Å². The Bertz CT molecular complexity index is 422. The van der Waals surface area contributed by atoms with Crippen molar-refractivity contribution in [3.8, 4) is 5.75 Å². The quantitative estimate of drug-likeness (QED) is 0.294. The summed E-state index contributed by atoms with van der Waals surface area (Å²) < 4.78 is 5.95. The molecular formula is C15H23N3O. The number of hydrogen-bond acceptors (Lipinski definition) is 2. The minimum Gasteiger partial charge on any atom is -0.493 e. The second-order valence-corrected chi connectivity index (χ2v) is 5.23. The number of azide groups is 1. The largest absolute Gasteiger partial charge is 0.493 e. The maximum absolute atomic E-state index is 8.23. The molecule has 0 saturated heterocycles. The second-order valence-electron chi connectivity index (χ2n) is 5.23. The number of hydrogen-bond donors (Lipinski definition) is 0. The standard InChI is InChI=1S/C15H23N3O/c1-11(2)13-7-5-8-14(12(3)4)15(13)19-10-6-9-17-18-16/h5,7-8,11-12H,6,9-10H2,1-4H3. The Morgan fingerprint density at radius 2 is 1.74 bits per heavy atom. The van der Waals surface area contributed by atoms with E-state index in [9.17, 15) is 0 Å². The van der Waals surface area contributed by atoms with E-state index in [1.165, 1.54) is 11.1 Å². The van der Waals surface area contributed by atoms with Crippen LogP contribution in [0.1, 0.15) is 57.1 Å². The Labute approximate surface area is 115 Å². The summed E-state index contributed by atoms with van der Waals surface area (Å²) >= 11 is 0. The number of ether oxygens (including phenoxy) is 1. The van der Waals surface area contributed by atoms with Crippen LogP contribution in [-0.2, 0) is 0 Å². The predicted molar refractivity (Wildman–Crippen MR) is 78.7 cm³/mol. The van der Waals surface area contributed by atoms with E-state index >= 15 is 0 Å². The molecule has 0 aliphatic heterocycles. The highest BCUT2D eigenvalue weighted by Crippen LogP contribution is 2.34. The highest BCUT2D eigenvalue weighted by Gasteiger charge is 2.14. The molecule has 19 heavy (non-hydrogen) atoms. The first-order valence-electron chi connectivity index (χ1n) is 6.84. The van der Waals surface area contributed by atoms with Crippen LogP contribution in [0.2, 0.25) is 0 Å². The lowest BCUT2D eigenvalue weighted by molar-refractivity contribution is 0.304. The Morgan fingerprint density at radius 3 is 2.21 bits per heavy atom. The van der Waals surface area contributed by atoms with Gasteiger partial charge in [0, 0.05) is 11.5 Å². The molecule has 0 unspecified atom stereocenters. The van der Waals surface area contributed by atoms with Crippen LogP contribution in [-0.4, -0.2) is 13.2 Å². The summed E-state index contributed by atoms with van der Waals surface area (Å²) in [5.74, 6) is 1.88. The molecule has 0 atom stereocenters. The molecule has 0 spiro atoms. The Balaban J connectivity index is 2.85. The smallest absolute Gasteiger partial charge is 0.126 e. The maximum Gasteiger partial charge on any atom is 0.126 e. The van der Waals surface area contributed by atoms with Crippen molar-refractivity contribution in [1.82, 2.24) is 0 Å². The normalized spacial score (nSPS) is 10.6. The molecule has 1 aromatic rings. The van der Waals surface area contributed by atoms with Crippen LogP contribution >= 0.6 is 0 Å². The van der Waals surface area contributed by atoms with Gasteiger partial charge in [0.15, 0.2) is 0 Å². The van der Waals surface area contributed by atoms with E-state index in [-0.39, 0.29) is 0 Å². The van der Waals surface area contributed by atoms with Gasteiger partial charge in [-0.1, -0.05) is 51.0 Å². The lowest BCUT2D eigenvalue weighted by Crippen LogP contribution is -2.06. The first-order chi connectivity index (χ1) is 9.07. The highest BCUT2D eigenvalue weighted by molar-refractivity contribution is 5.44. The number of nitrogens with zero attached hydrogens (tertiary/aromatic N) is 3. The summed E-state index contributed by atoms with van der Waals surface area (Å²) in [6.07, 6.45) is 0.744. The van der Waals surface area contributed by atoms with Crippen molar-refractivity contribution in [2.75, 3.05) is 13.2 Å². The van der Waals surface area contributed by atoms with Gasteiger partial charge in [-0.25, -0.2) is 0 Å². The van der Waals surface area contributed by atoms with Crippen LogP contribution in [0.3, 0.4) is 0 Å². The van der Waals surface area contributed by atoms with Crippen molar-refractivity contribution in [2.24, 2.45) is 5.11 Å². The minimum atomic E-state index is 0.436. The summed E-state index contributed by atoms with van der Waals surface area (Å²) in [6.45, 7) is 9.76. The lowest BCUT2D eigenvalue weighted by atomic mass is 9.94. The molecular weight excluding hydrogens is 238 g/mol. The fourth-order valence-corrected chi connectivity index (χ4v) is 2.00. The predicted octanol–water partition coefficient (Wildman–Crippen LogP) is 5.01. The van der Waals surface area contributed by atoms with Gasteiger partial charge in [0.25, 0.3) is 0 Å². The molecule has 0 aliphatic carbocycles. The maximum atomic E-state index is 8.23. The fourth-order valence-electron chi connectivity index (χ4n) is 2.00. The van der Waals surface area contributed by atoms with Crippen molar-refractivity contribution in [2.45, 2.75) is 46.0 Å². The summed E-state index contributed by atoms with van der Waals surface area (Å²) in [4.78, 5) is 2.74. The van der Waals surface area contributed by atoms with E-state index in [1.54, 1.807) is 0 Å². The van der Waals surface area contributed by atoms with Gasteiger partial charge in [-0.05, 0) is 34.9 Å². The average molecular weight is 261 g/mol. The van der Waals surface area contributed by atoms with Crippen LogP contribution in [0, 0.1) is 0 Å². The third kappa shape index (κ3) is 4.49. The van der Waals surface area contributed by atoms with Crippen LogP contribution in [0.15, 0.2) is 23.3 Å². The molecule has 104 valence electrons. The van der Waals surface area contributed by atoms with Crippen molar-refractivity contribution in [3.63, 3.8) is 0 Å². The highest BCUT2D eigenvalue weighted by atomic mass is 16.5. The van der Waals surface area contributed by atoms with E-state index in [1.807, 2.05) is 0 Å². The molecule has 1 rings (SSSR count). The number of rotatable bonds is 7. The van der Waals surface area contributed by atoms with Crippen LogP contribution < -0.4 is 4.74 Å². The summed E-state index contributed by atoms with van der Waals surface area (Å²) in [5, 5.41) is 3.52. The first-order valence-corrected chi connectivity index (χ1v) is 6.84. The second kappa shape index (κ2) is 7.70. The van der Waals surface area contributed by atoms with E-state index in [0.29, 0.717) is 25.0 Å². The number of benzene rings is 1. The Kier molecular flexibility index (Phi) is 6.23. The van der Waals surface area contributed by atoms with E-state index in [4.69, 9.17) is 10.3 Å². The zero-order valence-electron chi connectivity index (χ0n) is 12.3. The summed E-state index contributed by atoms with van der Waals surface area (Å²) in [6, 6.07) is 6.34. The molecule has 4 nitrogen and oxygen atoms in total. The third-order valence-electron chi connectivity index (χ3n) is 3.03. The first kappa shape index (κ1) is 15.4. The number of para-hydroxylation sites is 1. The minimum absolute atomic E-state index is 0.436. The zero-order chi connectivity index (χ0) is 14.3. The van der Waals surface area contributed by atoms with Crippen LogP contribution in [0.25, 0.3) is 10.4 Å². The SMILES string of the molecule is CC(C)c1cccc(C(C)C)c1OCCCN=[N+]=[N-]. The van der Waals surface area contributed by atoms with Gasteiger partial charge < -0.3 is 4.74 Å². The molecule has 0 aliphatic rings. The Morgan fingerprint density at radius 1 is 1.16 bits per heavy atom. The summed E-state index contributed by atoms with van der Waals surface area (Å²) in [5.41, 5.74) is 10.7.